The van der Waals surface area contributed by atoms with Gasteiger partial charge < -0.3 is 14.2 Å². The van der Waals surface area contributed by atoms with E-state index in [0.717, 1.165) is 122 Å². The van der Waals surface area contributed by atoms with Gasteiger partial charge in [0, 0.05) is 19.3 Å². The Bertz CT molecular complexity index is 1650. The average Bonchev–Trinajstić information content (AvgIpc) is 3.46. The lowest BCUT2D eigenvalue weighted by molar-refractivity contribution is -0.167. The minimum Gasteiger partial charge on any atom is -0.462 e. The maximum atomic E-state index is 12.9. The summed E-state index contributed by atoms with van der Waals surface area (Å²) in [5.41, 5.74) is 0. The van der Waals surface area contributed by atoms with E-state index in [1.807, 2.05) is 0 Å². The standard InChI is InChI=1S/C74H124O6/c1-4-7-10-13-16-19-21-23-25-27-29-30-31-32-33-34-35-36-37-38-39-40-41-42-43-44-45-47-48-50-52-55-58-61-64-67-73(76)79-70-71(69-78-72(75)66-63-60-57-54-18-15-12-9-6-3)80-74(77)68-65-62-59-56-53-51-49-46-28-26-24-22-20-17-14-11-8-5-2/h7,10,16,19,23,25-26,28-30,32-33,35-36,38-39,41-42,44-45,71H,4-6,8-9,11-15,17-18,20-22,24,27,31,34,37,40,43,46-70H2,1-3H3/b10-7-,19-16-,25-23-,28-26-,30-29-,33-32-,36-35-,39-38-,42-41-,45-44-. The predicted molar refractivity (Wildman–Crippen MR) is 348 cm³/mol. The van der Waals surface area contributed by atoms with E-state index in [4.69, 9.17) is 14.2 Å². The first-order chi connectivity index (χ1) is 39.5. The topological polar surface area (TPSA) is 78.9 Å². The fourth-order valence-electron chi connectivity index (χ4n) is 9.20. The van der Waals surface area contributed by atoms with Gasteiger partial charge in [0.25, 0.3) is 0 Å². The van der Waals surface area contributed by atoms with Crippen LogP contribution >= 0.6 is 0 Å². The zero-order valence-electron chi connectivity index (χ0n) is 52.3. The highest BCUT2D eigenvalue weighted by molar-refractivity contribution is 5.71. The van der Waals surface area contributed by atoms with Crippen molar-refractivity contribution >= 4 is 17.9 Å². The molecule has 1 atom stereocenters. The van der Waals surface area contributed by atoms with E-state index in [2.05, 4.69) is 142 Å². The maximum Gasteiger partial charge on any atom is 0.306 e. The Morgan fingerprint density at radius 3 is 0.775 bits per heavy atom. The molecule has 6 heteroatoms. The molecule has 0 radical (unpaired) electrons. The van der Waals surface area contributed by atoms with Crippen molar-refractivity contribution in [3.8, 4) is 0 Å². The van der Waals surface area contributed by atoms with Gasteiger partial charge in [-0.15, -0.1) is 0 Å². The molecule has 0 saturated carbocycles. The monoisotopic (exact) mass is 1110 g/mol. The summed E-state index contributed by atoms with van der Waals surface area (Å²) < 4.78 is 16.9. The molecule has 6 nitrogen and oxygen atoms in total. The van der Waals surface area contributed by atoms with Crippen molar-refractivity contribution in [2.24, 2.45) is 0 Å². The molecule has 0 aliphatic carbocycles. The van der Waals surface area contributed by atoms with E-state index < -0.39 is 6.10 Å². The van der Waals surface area contributed by atoms with E-state index in [1.54, 1.807) is 0 Å². The van der Waals surface area contributed by atoms with E-state index in [1.165, 1.54) is 148 Å². The molecular formula is C74H124O6. The fraction of sp³-hybridized carbons (Fsp3) is 0.689. The van der Waals surface area contributed by atoms with E-state index in [9.17, 15) is 14.4 Å². The number of carbonyl (C=O) groups excluding carboxylic acids is 3. The van der Waals surface area contributed by atoms with Crippen molar-refractivity contribution in [3.05, 3.63) is 122 Å². The van der Waals surface area contributed by atoms with Crippen molar-refractivity contribution in [3.63, 3.8) is 0 Å². The van der Waals surface area contributed by atoms with Crippen LogP contribution in [0.1, 0.15) is 310 Å². The zero-order chi connectivity index (χ0) is 57.8. The summed E-state index contributed by atoms with van der Waals surface area (Å²) >= 11 is 0. The van der Waals surface area contributed by atoms with E-state index >= 15 is 0 Å². The highest BCUT2D eigenvalue weighted by atomic mass is 16.6. The maximum absolute atomic E-state index is 12.9. The number of hydrogen-bond acceptors (Lipinski definition) is 6. The smallest absolute Gasteiger partial charge is 0.306 e. The number of rotatable bonds is 60. The number of esters is 3. The molecule has 0 bridgehead atoms. The van der Waals surface area contributed by atoms with Gasteiger partial charge in [0.2, 0.25) is 0 Å². The van der Waals surface area contributed by atoms with Crippen molar-refractivity contribution in [1.29, 1.82) is 0 Å². The largest absolute Gasteiger partial charge is 0.462 e. The molecule has 1 unspecified atom stereocenters. The molecule has 0 amide bonds. The molecule has 0 spiro atoms. The Labute approximate surface area is 494 Å². The molecule has 0 aromatic heterocycles. The second kappa shape index (κ2) is 67.3. The van der Waals surface area contributed by atoms with Crippen LogP contribution < -0.4 is 0 Å². The van der Waals surface area contributed by atoms with Crippen LogP contribution in [-0.2, 0) is 28.6 Å². The number of allylic oxidation sites excluding steroid dienone is 20. The molecule has 0 fully saturated rings. The number of ether oxygens (including phenoxy) is 3. The Hall–Kier alpha value is -4.19. The summed E-state index contributed by atoms with van der Waals surface area (Å²) in [4.78, 5) is 38.2. The van der Waals surface area contributed by atoms with Gasteiger partial charge in [-0.05, 0) is 116 Å². The highest BCUT2D eigenvalue weighted by Crippen LogP contribution is 2.16. The molecule has 0 rings (SSSR count). The Kier molecular flexibility index (Phi) is 63.8. The normalized spacial score (nSPS) is 12.9. The molecule has 0 saturated heterocycles. The van der Waals surface area contributed by atoms with Crippen LogP contribution in [0.3, 0.4) is 0 Å². The van der Waals surface area contributed by atoms with Gasteiger partial charge in [0.1, 0.15) is 13.2 Å². The van der Waals surface area contributed by atoms with Crippen LogP contribution in [0.5, 0.6) is 0 Å². The lowest BCUT2D eigenvalue weighted by Gasteiger charge is -2.18. The fourth-order valence-corrected chi connectivity index (χ4v) is 9.20. The van der Waals surface area contributed by atoms with Gasteiger partial charge in [-0.2, -0.15) is 0 Å². The summed E-state index contributed by atoms with van der Waals surface area (Å²) in [5, 5.41) is 0. The van der Waals surface area contributed by atoms with Gasteiger partial charge >= 0.3 is 17.9 Å². The van der Waals surface area contributed by atoms with Crippen LogP contribution in [0.15, 0.2) is 122 Å². The molecule has 0 aliphatic heterocycles. The Morgan fingerprint density at radius 1 is 0.263 bits per heavy atom. The second-order valence-electron chi connectivity index (χ2n) is 22.0. The van der Waals surface area contributed by atoms with Crippen LogP contribution in [0.2, 0.25) is 0 Å². The van der Waals surface area contributed by atoms with Gasteiger partial charge in [-0.1, -0.05) is 296 Å². The molecule has 0 aromatic rings. The Balaban J connectivity index is 4.20. The van der Waals surface area contributed by atoms with Crippen molar-refractivity contribution in [2.75, 3.05) is 13.2 Å². The zero-order valence-corrected chi connectivity index (χ0v) is 52.3. The Morgan fingerprint density at radius 2 is 0.487 bits per heavy atom. The first-order valence-corrected chi connectivity index (χ1v) is 33.5. The lowest BCUT2D eigenvalue weighted by Crippen LogP contribution is -2.30. The van der Waals surface area contributed by atoms with Crippen molar-refractivity contribution in [1.82, 2.24) is 0 Å². The SMILES string of the molecule is CC/C=C\C/C=C\C/C=C\C/C=C\C/C=C\C/C=C\C/C=C\C/C=C\C/C=C\CCCCCCCCCC(=O)OCC(COC(=O)CCCCCCCCCCC)OC(=O)CCCCCCCCC/C=C\CCCCCCCCC. The third-order valence-electron chi connectivity index (χ3n) is 14.2. The number of hydrogen-bond donors (Lipinski definition) is 0. The summed E-state index contributed by atoms with van der Waals surface area (Å²) in [6.07, 6.45) is 93.6. The average molecular weight is 1110 g/mol. The minimum atomic E-state index is -0.785. The summed E-state index contributed by atoms with van der Waals surface area (Å²) in [7, 11) is 0. The quantitative estimate of drug-likeness (QED) is 0.0261. The third kappa shape index (κ3) is 64.6. The number of carbonyl (C=O) groups is 3. The first-order valence-electron chi connectivity index (χ1n) is 33.5. The van der Waals surface area contributed by atoms with Crippen LogP contribution in [0.4, 0.5) is 0 Å². The van der Waals surface area contributed by atoms with Crippen LogP contribution in [-0.4, -0.2) is 37.2 Å². The highest BCUT2D eigenvalue weighted by Gasteiger charge is 2.19. The van der Waals surface area contributed by atoms with Crippen molar-refractivity contribution in [2.45, 2.75) is 316 Å². The molecule has 0 aromatic carbocycles. The van der Waals surface area contributed by atoms with Crippen LogP contribution in [0, 0.1) is 0 Å². The lowest BCUT2D eigenvalue weighted by atomic mass is 10.1. The molecule has 0 heterocycles. The first kappa shape index (κ1) is 75.8. The van der Waals surface area contributed by atoms with Crippen LogP contribution in [0.25, 0.3) is 0 Å². The van der Waals surface area contributed by atoms with Gasteiger partial charge in [-0.25, -0.2) is 0 Å². The molecular weight excluding hydrogens is 985 g/mol. The molecule has 0 aliphatic rings. The van der Waals surface area contributed by atoms with Gasteiger partial charge in [0.05, 0.1) is 0 Å². The molecule has 0 N–H and O–H groups in total. The summed E-state index contributed by atoms with van der Waals surface area (Å²) in [6.45, 7) is 6.51. The van der Waals surface area contributed by atoms with Gasteiger partial charge in [0.15, 0.2) is 6.10 Å². The molecule has 80 heavy (non-hydrogen) atoms. The van der Waals surface area contributed by atoms with Crippen molar-refractivity contribution < 1.29 is 28.6 Å². The predicted octanol–water partition coefficient (Wildman–Crippen LogP) is 23.2. The minimum absolute atomic E-state index is 0.0818. The summed E-state index contributed by atoms with van der Waals surface area (Å²) in [6, 6.07) is 0. The van der Waals surface area contributed by atoms with E-state index in [-0.39, 0.29) is 31.1 Å². The van der Waals surface area contributed by atoms with Gasteiger partial charge in [-0.3, -0.25) is 14.4 Å². The summed E-state index contributed by atoms with van der Waals surface area (Å²) in [5.74, 6) is -0.894. The molecule has 456 valence electrons. The number of unbranched alkanes of at least 4 members (excludes halogenated alkanes) is 29. The second-order valence-corrected chi connectivity index (χ2v) is 22.0. The van der Waals surface area contributed by atoms with E-state index in [0.29, 0.717) is 19.3 Å². The third-order valence-corrected chi connectivity index (χ3v) is 14.2.